The van der Waals surface area contributed by atoms with Gasteiger partial charge in [0.1, 0.15) is 0 Å². The van der Waals surface area contributed by atoms with Gasteiger partial charge in [0.2, 0.25) is 5.91 Å². The molecule has 19 heavy (non-hydrogen) atoms. The van der Waals surface area contributed by atoms with Crippen LogP contribution in [0.5, 0.6) is 0 Å². The van der Waals surface area contributed by atoms with Gasteiger partial charge in [-0.2, -0.15) is 8.42 Å². The standard InChI is InChI=1S/C12H20FNO4S/c13-19(16,17)9-11-7-12(15)14(8-11)4-1-10-2-5-18-6-3-10/h10-11H,1-9H2. The zero-order valence-electron chi connectivity index (χ0n) is 10.9. The van der Waals surface area contributed by atoms with Crippen molar-refractivity contribution >= 4 is 16.1 Å². The highest BCUT2D eigenvalue weighted by Crippen LogP contribution is 2.23. The Labute approximate surface area is 113 Å². The van der Waals surface area contributed by atoms with Crippen LogP contribution in [0.1, 0.15) is 25.7 Å². The molecule has 2 aliphatic heterocycles. The van der Waals surface area contributed by atoms with E-state index in [9.17, 15) is 17.1 Å². The molecule has 0 aromatic rings. The first-order chi connectivity index (χ1) is 8.94. The maximum atomic E-state index is 12.6. The van der Waals surface area contributed by atoms with Crippen LogP contribution >= 0.6 is 0 Å². The first kappa shape index (κ1) is 14.7. The maximum absolute atomic E-state index is 12.6. The van der Waals surface area contributed by atoms with Gasteiger partial charge in [-0.05, 0) is 25.2 Å². The maximum Gasteiger partial charge on any atom is 0.302 e. The number of ether oxygens (including phenoxy) is 1. The Morgan fingerprint density at radius 2 is 1.95 bits per heavy atom. The van der Waals surface area contributed by atoms with E-state index in [0.29, 0.717) is 19.0 Å². The van der Waals surface area contributed by atoms with Crippen LogP contribution in [0.15, 0.2) is 0 Å². The van der Waals surface area contributed by atoms with Gasteiger partial charge in [-0.25, -0.2) is 0 Å². The molecule has 0 aromatic carbocycles. The summed E-state index contributed by atoms with van der Waals surface area (Å²) in [6, 6.07) is 0. The second-order valence-electron chi connectivity index (χ2n) is 5.46. The number of carbonyl (C=O) groups is 1. The minimum Gasteiger partial charge on any atom is -0.381 e. The van der Waals surface area contributed by atoms with Crippen LogP contribution in [0.4, 0.5) is 3.89 Å². The summed E-state index contributed by atoms with van der Waals surface area (Å²) in [6.07, 6.45) is 3.11. The van der Waals surface area contributed by atoms with Gasteiger partial charge in [-0.3, -0.25) is 4.79 Å². The molecule has 2 fully saturated rings. The first-order valence-corrected chi connectivity index (χ1v) is 8.27. The van der Waals surface area contributed by atoms with E-state index in [1.165, 1.54) is 0 Å². The molecular formula is C12H20FNO4S. The molecule has 2 aliphatic rings. The average Bonchev–Trinajstić information content (AvgIpc) is 2.66. The van der Waals surface area contributed by atoms with Gasteiger partial charge < -0.3 is 9.64 Å². The van der Waals surface area contributed by atoms with Crippen molar-refractivity contribution in [3.05, 3.63) is 0 Å². The second kappa shape index (κ2) is 6.17. The van der Waals surface area contributed by atoms with Crippen molar-refractivity contribution in [2.45, 2.75) is 25.7 Å². The fourth-order valence-electron chi connectivity index (χ4n) is 2.84. The summed E-state index contributed by atoms with van der Waals surface area (Å²) in [5, 5.41) is 0. The van der Waals surface area contributed by atoms with Gasteiger partial charge >= 0.3 is 10.2 Å². The molecule has 1 atom stereocenters. The van der Waals surface area contributed by atoms with Crippen molar-refractivity contribution in [2.24, 2.45) is 11.8 Å². The van der Waals surface area contributed by atoms with Gasteiger partial charge in [-0.1, -0.05) is 0 Å². The fraction of sp³-hybridized carbons (Fsp3) is 0.917. The lowest BCUT2D eigenvalue weighted by Gasteiger charge is -2.24. The lowest BCUT2D eigenvalue weighted by atomic mass is 9.96. The molecule has 2 saturated heterocycles. The molecule has 0 radical (unpaired) electrons. The molecule has 7 heteroatoms. The summed E-state index contributed by atoms with van der Waals surface area (Å²) < 4.78 is 39.1. The molecule has 0 aromatic heterocycles. The highest BCUT2D eigenvalue weighted by Gasteiger charge is 2.32. The minimum absolute atomic E-state index is 0.0549. The predicted molar refractivity (Wildman–Crippen MR) is 67.7 cm³/mol. The minimum atomic E-state index is -4.49. The zero-order valence-corrected chi connectivity index (χ0v) is 11.7. The van der Waals surface area contributed by atoms with Crippen molar-refractivity contribution in [3.63, 3.8) is 0 Å². The van der Waals surface area contributed by atoms with Gasteiger partial charge in [0, 0.05) is 38.6 Å². The molecular weight excluding hydrogens is 273 g/mol. The third-order valence-electron chi connectivity index (χ3n) is 3.88. The van der Waals surface area contributed by atoms with E-state index in [4.69, 9.17) is 4.74 Å². The van der Waals surface area contributed by atoms with E-state index in [1.807, 2.05) is 0 Å². The van der Waals surface area contributed by atoms with Crippen LogP contribution in [0, 0.1) is 11.8 Å². The number of amides is 1. The Kier molecular flexibility index (Phi) is 4.78. The summed E-state index contributed by atoms with van der Waals surface area (Å²) in [6.45, 7) is 2.57. The highest BCUT2D eigenvalue weighted by molar-refractivity contribution is 7.86. The van der Waals surface area contributed by atoms with Crippen molar-refractivity contribution in [1.82, 2.24) is 4.90 Å². The van der Waals surface area contributed by atoms with Crippen LogP contribution in [-0.2, 0) is 19.8 Å². The van der Waals surface area contributed by atoms with Crippen LogP contribution in [0.3, 0.4) is 0 Å². The van der Waals surface area contributed by atoms with Crippen molar-refractivity contribution in [2.75, 3.05) is 32.1 Å². The van der Waals surface area contributed by atoms with E-state index < -0.39 is 21.9 Å². The molecule has 0 N–H and O–H groups in total. The molecule has 0 saturated carbocycles. The van der Waals surface area contributed by atoms with Crippen LogP contribution in [-0.4, -0.2) is 51.3 Å². The summed E-state index contributed by atoms with van der Waals surface area (Å²) in [5.74, 6) is -0.407. The largest absolute Gasteiger partial charge is 0.381 e. The van der Waals surface area contributed by atoms with E-state index in [-0.39, 0.29) is 12.3 Å². The molecule has 0 spiro atoms. The van der Waals surface area contributed by atoms with Gasteiger partial charge in [-0.15, -0.1) is 3.89 Å². The van der Waals surface area contributed by atoms with Crippen LogP contribution in [0.2, 0.25) is 0 Å². The van der Waals surface area contributed by atoms with E-state index in [2.05, 4.69) is 0 Å². The Bertz CT molecular complexity index is 419. The zero-order chi connectivity index (χ0) is 13.9. The summed E-state index contributed by atoms with van der Waals surface area (Å²) in [5.41, 5.74) is 0. The molecule has 0 aliphatic carbocycles. The number of hydrogen-bond donors (Lipinski definition) is 0. The Morgan fingerprint density at radius 3 is 2.58 bits per heavy atom. The topological polar surface area (TPSA) is 63.7 Å². The summed E-state index contributed by atoms with van der Waals surface area (Å²) in [4.78, 5) is 13.4. The Hall–Kier alpha value is -0.690. The normalized spacial score (nSPS) is 26.1. The van der Waals surface area contributed by atoms with Gasteiger partial charge in [0.25, 0.3) is 0 Å². The highest BCUT2D eigenvalue weighted by atomic mass is 32.3. The summed E-state index contributed by atoms with van der Waals surface area (Å²) in [7, 11) is -4.49. The second-order valence-corrected chi connectivity index (χ2v) is 6.87. The number of nitrogens with zero attached hydrogens (tertiary/aromatic N) is 1. The number of hydrogen-bond acceptors (Lipinski definition) is 4. The number of halogens is 1. The fourth-order valence-corrected chi connectivity index (χ4v) is 3.62. The number of carbonyl (C=O) groups excluding carboxylic acids is 1. The van der Waals surface area contributed by atoms with Gasteiger partial charge in [0.05, 0.1) is 5.75 Å². The van der Waals surface area contributed by atoms with Crippen LogP contribution in [0.25, 0.3) is 0 Å². The predicted octanol–water partition coefficient (Wildman–Crippen LogP) is 0.951. The van der Waals surface area contributed by atoms with E-state index in [0.717, 1.165) is 32.5 Å². The van der Waals surface area contributed by atoms with Gasteiger partial charge in [0.15, 0.2) is 0 Å². The SMILES string of the molecule is O=C1CC(CS(=O)(=O)F)CN1CCC1CCOCC1. The molecule has 1 amide bonds. The average molecular weight is 293 g/mol. The van der Waals surface area contributed by atoms with Crippen molar-refractivity contribution in [3.8, 4) is 0 Å². The molecule has 2 rings (SSSR count). The quantitative estimate of drug-likeness (QED) is 0.708. The van der Waals surface area contributed by atoms with Crippen molar-refractivity contribution < 1.29 is 21.8 Å². The molecule has 2 heterocycles. The molecule has 1 unspecified atom stereocenters. The molecule has 0 bridgehead atoms. The summed E-state index contributed by atoms with van der Waals surface area (Å²) >= 11 is 0. The van der Waals surface area contributed by atoms with E-state index in [1.54, 1.807) is 4.90 Å². The lowest BCUT2D eigenvalue weighted by Crippen LogP contribution is -2.29. The number of rotatable bonds is 5. The smallest absolute Gasteiger partial charge is 0.302 e. The van der Waals surface area contributed by atoms with E-state index >= 15 is 0 Å². The first-order valence-electron chi connectivity index (χ1n) is 6.72. The lowest BCUT2D eigenvalue weighted by molar-refractivity contribution is -0.127. The third kappa shape index (κ3) is 4.72. The Balaban J connectivity index is 1.76. The van der Waals surface area contributed by atoms with Crippen molar-refractivity contribution in [1.29, 1.82) is 0 Å². The molecule has 110 valence electrons. The number of likely N-dealkylation sites (tertiary alicyclic amines) is 1. The Morgan fingerprint density at radius 1 is 1.26 bits per heavy atom. The molecule has 5 nitrogen and oxygen atoms in total. The third-order valence-corrected chi connectivity index (χ3v) is 4.75. The monoisotopic (exact) mass is 293 g/mol. The van der Waals surface area contributed by atoms with Crippen LogP contribution < -0.4 is 0 Å².